The number of urea groups is 1. The first-order valence-electron chi connectivity index (χ1n) is 14.0. The maximum absolute atomic E-state index is 14.9. The van der Waals surface area contributed by atoms with Crippen LogP contribution in [0.25, 0.3) is 20.7 Å². The van der Waals surface area contributed by atoms with Crippen molar-refractivity contribution in [1.29, 1.82) is 0 Å². The first-order valence-corrected chi connectivity index (χ1v) is 14.8. The Morgan fingerprint density at radius 1 is 1.16 bits per heavy atom. The SMILES string of the molecule is COCCN(CCn1cc(-c2cc3nccc(Oc4ccc(NC(=O)NC5CC5)cc4F)c3s2)cn1)C(=O)OC(C)(C)C. The normalized spacial score (nSPS) is 13.1. The first kappa shape index (κ1) is 30.2. The Balaban J connectivity index is 1.26. The van der Waals surface area contributed by atoms with Gasteiger partial charge in [0.15, 0.2) is 11.6 Å². The molecule has 1 aliphatic carbocycles. The molecule has 2 N–H and O–H groups in total. The number of aromatic nitrogens is 3. The van der Waals surface area contributed by atoms with Crippen LogP contribution in [0.1, 0.15) is 33.6 Å². The van der Waals surface area contributed by atoms with Gasteiger partial charge in [0.25, 0.3) is 0 Å². The van der Waals surface area contributed by atoms with Crippen LogP contribution in [0.4, 0.5) is 19.7 Å². The summed E-state index contributed by atoms with van der Waals surface area (Å²) in [5, 5.41) is 9.92. The number of ether oxygens (including phenoxy) is 3. The van der Waals surface area contributed by atoms with E-state index in [0.717, 1.165) is 28.0 Å². The number of thiophene rings is 1. The molecule has 228 valence electrons. The van der Waals surface area contributed by atoms with E-state index in [2.05, 4.69) is 20.7 Å². The number of fused-ring (bicyclic) bond motifs is 1. The fourth-order valence-corrected chi connectivity index (χ4v) is 5.20. The maximum Gasteiger partial charge on any atom is 0.410 e. The number of nitrogens with zero attached hydrogens (tertiary/aromatic N) is 4. The third-order valence-corrected chi connectivity index (χ3v) is 7.62. The fraction of sp³-hybridized carbons (Fsp3) is 0.400. The number of carbonyl (C=O) groups excluding carboxylic acids is 2. The highest BCUT2D eigenvalue weighted by molar-refractivity contribution is 7.22. The Bertz CT molecular complexity index is 1600. The highest BCUT2D eigenvalue weighted by Crippen LogP contribution is 2.39. The van der Waals surface area contributed by atoms with E-state index in [1.54, 1.807) is 41.2 Å². The van der Waals surface area contributed by atoms with Crippen molar-refractivity contribution >= 4 is 39.4 Å². The standard InChI is InChI=1S/C30H35FN6O5S/c1-30(2,3)42-29(39)36(13-14-40-4)11-12-37-18-19(17-33-37)26-16-23-27(43-26)25(9-10-32-23)41-24-8-7-21(15-22(24)31)35-28(38)34-20-5-6-20/h7-10,15-18,20H,5-6,11-14H2,1-4H3,(H2,34,35,38). The Hall–Kier alpha value is -4.23. The highest BCUT2D eigenvalue weighted by Gasteiger charge is 2.24. The summed E-state index contributed by atoms with van der Waals surface area (Å²) in [5.41, 5.74) is 1.32. The van der Waals surface area contributed by atoms with Crippen LogP contribution in [0.15, 0.2) is 48.9 Å². The van der Waals surface area contributed by atoms with Gasteiger partial charge in [-0.05, 0) is 51.8 Å². The molecular formula is C30H35FN6O5S. The monoisotopic (exact) mass is 610 g/mol. The molecule has 5 rings (SSSR count). The Kier molecular flexibility index (Phi) is 9.11. The second-order valence-electron chi connectivity index (χ2n) is 11.2. The van der Waals surface area contributed by atoms with Gasteiger partial charge in [0.1, 0.15) is 11.4 Å². The number of anilines is 1. The smallest absolute Gasteiger partial charge is 0.410 e. The molecule has 0 unspecified atom stereocenters. The molecule has 1 aromatic carbocycles. The molecule has 0 radical (unpaired) electrons. The molecule has 0 spiro atoms. The van der Waals surface area contributed by atoms with Crippen LogP contribution in [0.2, 0.25) is 0 Å². The minimum Gasteiger partial charge on any atom is -0.453 e. The summed E-state index contributed by atoms with van der Waals surface area (Å²) in [6, 6.07) is 7.78. The summed E-state index contributed by atoms with van der Waals surface area (Å²) in [6.45, 7) is 7.15. The van der Waals surface area contributed by atoms with Crippen LogP contribution < -0.4 is 15.4 Å². The van der Waals surface area contributed by atoms with Crippen LogP contribution in [-0.2, 0) is 16.0 Å². The Labute approximate surface area is 252 Å². The van der Waals surface area contributed by atoms with E-state index in [1.165, 1.54) is 23.5 Å². The number of hydrogen-bond acceptors (Lipinski definition) is 8. The molecule has 3 amide bonds. The van der Waals surface area contributed by atoms with Crippen LogP contribution in [0.5, 0.6) is 11.5 Å². The van der Waals surface area contributed by atoms with Crippen molar-refractivity contribution in [2.24, 2.45) is 0 Å². The minimum absolute atomic E-state index is 0.0337. The van der Waals surface area contributed by atoms with Crippen LogP contribution >= 0.6 is 11.3 Å². The average molecular weight is 611 g/mol. The molecule has 0 bridgehead atoms. The van der Waals surface area contributed by atoms with Gasteiger partial charge >= 0.3 is 12.1 Å². The number of hydrogen-bond donors (Lipinski definition) is 2. The molecule has 3 heterocycles. The van der Waals surface area contributed by atoms with Crippen molar-refractivity contribution in [2.45, 2.75) is 51.8 Å². The van der Waals surface area contributed by atoms with Crippen molar-refractivity contribution in [3.63, 3.8) is 0 Å². The van der Waals surface area contributed by atoms with Crippen molar-refractivity contribution in [3.8, 4) is 21.9 Å². The van der Waals surface area contributed by atoms with Gasteiger partial charge in [-0.3, -0.25) is 9.67 Å². The van der Waals surface area contributed by atoms with E-state index in [4.69, 9.17) is 14.2 Å². The van der Waals surface area contributed by atoms with E-state index in [9.17, 15) is 14.0 Å². The van der Waals surface area contributed by atoms with E-state index in [-0.39, 0.29) is 17.8 Å². The fourth-order valence-electron chi connectivity index (χ4n) is 4.16. The molecule has 11 nitrogen and oxygen atoms in total. The zero-order valence-electron chi connectivity index (χ0n) is 24.6. The van der Waals surface area contributed by atoms with E-state index in [0.29, 0.717) is 43.2 Å². The summed E-state index contributed by atoms with van der Waals surface area (Å²) in [7, 11) is 1.59. The van der Waals surface area contributed by atoms with E-state index in [1.807, 2.05) is 33.0 Å². The maximum atomic E-state index is 14.9. The Morgan fingerprint density at radius 2 is 1.98 bits per heavy atom. The number of benzene rings is 1. The topological polar surface area (TPSA) is 120 Å². The first-order chi connectivity index (χ1) is 20.6. The quantitative estimate of drug-likeness (QED) is 0.206. The molecule has 0 saturated heterocycles. The number of halogens is 1. The third kappa shape index (κ3) is 8.20. The molecule has 1 fully saturated rings. The van der Waals surface area contributed by atoms with Gasteiger partial charge in [-0.2, -0.15) is 5.10 Å². The van der Waals surface area contributed by atoms with Crippen molar-refractivity contribution in [1.82, 2.24) is 25.0 Å². The zero-order chi connectivity index (χ0) is 30.6. The van der Waals surface area contributed by atoms with Gasteiger partial charge in [-0.25, -0.2) is 14.0 Å². The van der Waals surface area contributed by atoms with Gasteiger partial charge in [-0.15, -0.1) is 11.3 Å². The van der Waals surface area contributed by atoms with Gasteiger partial charge in [-0.1, -0.05) is 0 Å². The molecule has 1 saturated carbocycles. The lowest BCUT2D eigenvalue weighted by Gasteiger charge is -2.27. The average Bonchev–Trinajstić information content (AvgIpc) is 3.43. The van der Waals surface area contributed by atoms with Crippen LogP contribution in [0.3, 0.4) is 0 Å². The predicted molar refractivity (Wildman–Crippen MR) is 162 cm³/mol. The molecule has 0 atom stereocenters. The minimum atomic E-state index is -0.599. The van der Waals surface area contributed by atoms with Gasteiger partial charge < -0.3 is 29.7 Å². The summed E-state index contributed by atoms with van der Waals surface area (Å²) < 4.78 is 34.1. The lowest BCUT2D eigenvalue weighted by Crippen LogP contribution is -2.40. The predicted octanol–water partition coefficient (Wildman–Crippen LogP) is 6.26. The molecule has 0 aliphatic heterocycles. The summed E-state index contributed by atoms with van der Waals surface area (Å²) in [4.78, 5) is 31.6. The summed E-state index contributed by atoms with van der Waals surface area (Å²) >= 11 is 1.46. The van der Waals surface area contributed by atoms with Gasteiger partial charge in [0, 0.05) is 66.9 Å². The lowest BCUT2D eigenvalue weighted by molar-refractivity contribution is 0.0193. The van der Waals surface area contributed by atoms with Gasteiger partial charge in [0.05, 0.1) is 29.6 Å². The second kappa shape index (κ2) is 13.0. The number of pyridine rings is 1. The van der Waals surface area contributed by atoms with Crippen LogP contribution in [0, 0.1) is 5.82 Å². The third-order valence-electron chi connectivity index (χ3n) is 6.43. The van der Waals surface area contributed by atoms with Gasteiger partial charge in [0.2, 0.25) is 0 Å². The second-order valence-corrected chi connectivity index (χ2v) is 12.3. The molecule has 43 heavy (non-hydrogen) atoms. The molecule has 1 aliphatic rings. The van der Waals surface area contributed by atoms with Crippen molar-refractivity contribution < 1.29 is 28.2 Å². The van der Waals surface area contributed by atoms with E-state index >= 15 is 0 Å². The number of methoxy groups -OCH3 is 1. The summed E-state index contributed by atoms with van der Waals surface area (Å²) in [6.07, 6.45) is 6.79. The lowest BCUT2D eigenvalue weighted by atomic mass is 10.2. The summed E-state index contributed by atoms with van der Waals surface area (Å²) in [5.74, 6) is -0.101. The molecule has 13 heteroatoms. The van der Waals surface area contributed by atoms with E-state index < -0.39 is 17.5 Å². The van der Waals surface area contributed by atoms with Crippen molar-refractivity contribution in [2.75, 3.05) is 32.1 Å². The highest BCUT2D eigenvalue weighted by atomic mass is 32.1. The molecular weight excluding hydrogens is 575 g/mol. The van der Waals surface area contributed by atoms with Crippen LogP contribution in [-0.4, -0.2) is 70.2 Å². The largest absolute Gasteiger partial charge is 0.453 e. The molecule has 4 aromatic rings. The molecule has 3 aromatic heterocycles. The van der Waals surface area contributed by atoms with Crippen molar-refractivity contribution in [3.05, 3.63) is 54.7 Å². The number of nitrogens with one attached hydrogen (secondary N) is 2. The number of amides is 3. The number of rotatable bonds is 11. The zero-order valence-corrected chi connectivity index (χ0v) is 25.4. The Morgan fingerprint density at radius 3 is 2.70 bits per heavy atom. The number of carbonyl (C=O) groups is 2.